The highest BCUT2D eigenvalue weighted by Gasteiger charge is 2.21. The lowest BCUT2D eigenvalue weighted by Gasteiger charge is -2.18. The summed E-state index contributed by atoms with van der Waals surface area (Å²) in [5.41, 5.74) is 1.44. The third-order valence-electron chi connectivity index (χ3n) is 4.98. The Hall–Kier alpha value is -3.01. The average Bonchev–Trinajstić information content (AvgIpc) is 2.83. The SMILES string of the molecule is CN(Cc1ccccc1)S(=O)(=O)c1ccc(NC(=O)CSc2ccc3c(c2)OCCO3)cc1. The summed E-state index contributed by atoms with van der Waals surface area (Å²) in [6, 6.07) is 21.2. The van der Waals surface area contributed by atoms with Gasteiger partial charge in [0.05, 0.1) is 10.6 Å². The van der Waals surface area contributed by atoms with Crippen molar-refractivity contribution in [1.29, 1.82) is 0 Å². The van der Waals surface area contributed by atoms with Crippen molar-refractivity contribution in [3.05, 3.63) is 78.4 Å². The van der Waals surface area contributed by atoms with Crippen molar-refractivity contribution in [3.63, 3.8) is 0 Å². The second kappa shape index (κ2) is 10.3. The van der Waals surface area contributed by atoms with E-state index in [-0.39, 0.29) is 23.1 Å². The van der Waals surface area contributed by atoms with E-state index in [0.717, 1.165) is 10.5 Å². The van der Waals surface area contributed by atoms with Gasteiger partial charge in [0.1, 0.15) is 13.2 Å². The third-order valence-corrected chi connectivity index (χ3v) is 7.79. The number of sulfonamides is 1. The van der Waals surface area contributed by atoms with Crippen molar-refractivity contribution in [2.75, 3.05) is 31.3 Å². The first kappa shape index (κ1) is 23.2. The summed E-state index contributed by atoms with van der Waals surface area (Å²) in [5, 5.41) is 2.80. The third kappa shape index (κ3) is 5.87. The summed E-state index contributed by atoms with van der Waals surface area (Å²) in [6.07, 6.45) is 0. The Labute approximate surface area is 197 Å². The molecule has 9 heteroatoms. The average molecular weight is 485 g/mol. The van der Waals surface area contributed by atoms with E-state index in [2.05, 4.69) is 5.32 Å². The molecule has 0 atom stereocenters. The Morgan fingerprint density at radius 1 is 0.970 bits per heavy atom. The second-order valence-corrected chi connectivity index (χ2v) is 10.5. The standard InChI is InChI=1S/C24H24N2O5S2/c1-26(16-18-5-3-2-4-6-18)33(28,29)21-10-7-19(8-11-21)25-24(27)17-32-20-9-12-22-23(15-20)31-14-13-30-22/h2-12,15H,13-14,16-17H2,1H3,(H,25,27). The van der Waals surface area contributed by atoms with Crippen LogP contribution in [0.5, 0.6) is 11.5 Å². The van der Waals surface area contributed by atoms with Gasteiger partial charge in [-0.1, -0.05) is 30.3 Å². The van der Waals surface area contributed by atoms with Gasteiger partial charge in [0, 0.05) is 24.2 Å². The molecule has 0 aromatic heterocycles. The molecule has 1 aliphatic heterocycles. The highest BCUT2D eigenvalue weighted by Crippen LogP contribution is 2.34. The Bertz CT molecular complexity index is 1220. The van der Waals surface area contributed by atoms with Crippen LogP contribution < -0.4 is 14.8 Å². The van der Waals surface area contributed by atoms with Crippen LogP contribution in [0.1, 0.15) is 5.56 Å². The molecule has 7 nitrogen and oxygen atoms in total. The van der Waals surface area contributed by atoms with Crippen LogP contribution in [-0.2, 0) is 21.4 Å². The van der Waals surface area contributed by atoms with Gasteiger partial charge in [0.15, 0.2) is 11.5 Å². The number of nitrogens with one attached hydrogen (secondary N) is 1. The van der Waals surface area contributed by atoms with Crippen LogP contribution in [0.15, 0.2) is 82.6 Å². The second-order valence-electron chi connectivity index (χ2n) is 7.41. The molecule has 0 spiro atoms. The molecule has 0 fully saturated rings. The number of hydrogen-bond donors (Lipinski definition) is 1. The van der Waals surface area contributed by atoms with E-state index in [0.29, 0.717) is 30.4 Å². The zero-order chi connectivity index (χ0) is 23.3. The summed E-state index contributed by atoms with van der Waals surface area (Å²) >= 11 is 1.38. The fraction of sp³-hybridized carbons (Fsp3) is 0.208. The van der Waals surface area contributed by atoms with E-state index >= 15 is 0 Å². The van der Waals surface area contributed by atoms with Crippen molar-refractivity contribution in [2.24, 2.45) is 0 Å². The topological polar surface area (TPSA) is 84.9 Å². The number of carbonyl (C=O) groups excluding carboxylic acids is 1. The highest BCUT2D eigenvalue weighted by molar-refractivity contribution is 8.00. The Balaban J connectivity index is 1.32. The van der Waals surface area contributed by atoms with Crippen molar-refractivity contribution >= 4 is 33.4 Å². The first-order valence-corrected chi connectivity index (χ1v) is 12.8. The normalized spacial score (nSPS) is 13.0. The van der Waals surface area contributed by atoms with Crippen molar-refractivity contribution in [2.45, 2.75) is 16.3 Å². The smallest absolute Gasteiger partial charge is 0.243 e. The van der Waals surface area contributed by atoms with E-state index in [9.17, 15) is 13.2 Å². The number of carbonyl (C=O) groups is 1. The molecule has 0 saturated heterocycles. The van der Waals surface area contributed by atoms with Gasteiger partial charge in [-0.3, -0.25) is 4.79 Å². The van der Waals surface area contributed by atoms with Crippen LogP contribution in [0.4, 0.5) is 5.69 Å². The number of thioether (sulfide) groups is 1. The largest absolute Gasteiger partial charge is 0.486 e. The number of hydrogen-bond acceptors (Lipinski definition) is 6. The minimum atomic E-state index is -3.64. The maximum atomic E-state index is 12.8. The predicted molar refractivity (Wildman–Crippen MR) is 128 cm³/mol. The molecule has 1 amide bonds. The van der Waals surface area contributed by atoms with Gasteiger partial charge in [0.2, 0.25) is 15.9 Å². The molecular weight excluding hydrogens is 460 g/mol. The van der Waals surface area contributed by atoms with Gasteiger partial charge in [-0.25, -0.2) is 8.42 Å². The molecule has 4 rings (SSSR count). The number of benzene rings is 3. The number of nitrogens with zero attached hydrogens (tertiary/aromatic N) is 1. The number of rotatable bonds is 8. The van der Waals surface area contributed by atoms with Gasteiger partial charge >= 0.3 is 0 Å². The van der Waals surface area contributed by atoms with E-state index in [1.54, 1.807) is 19.2 Å². The molecular formula is C24H24N2O5S2. The Morgan fingerprint density at radius 2 is 1.67 bits per heavy atom. The molecule has 0 bridgehead atoms. The summed E-state index contributed by atoms with van der Waals surface area (Å²) in [4.78, 5) is 13.4. The number of anilines is 1. The van der Waals surface area contributed by atoms with Crippen LogP contribution in [0, 0.1) is 0 Å². The molecule has 1 N–H and O–H groups in total. The van der Waals surface area contributed by atoms with Crippen LogP contribution in [0.2, 0.25) is 0 Å². The number of ether oxygens (including phenoxy) is 2. The molecule has 0 radical (unpaired) electrons. The van der Waals surface area contributed by atoms with E-state index in [1.807, 2.05) is 48.5 Å². The Morgan fingerprint density at radius 3 is 2.39 bits per heavy atom. The summed E-state index contributed by atoms with van der Waals surface area (Å²) in [6.45, 7) is 1.32. The lowest BCUT2D eigenvalue weighted by atomic mass is 10.2. The van der Waals surface area contributed by atoms with Crippen LogP contribution in [0.3, 0.4) is 0 Å². The van der Waals surface area contributed by atoms with Gasteiger partial charge < -0.3 is 14.8 Å². The summed E-state index contributed by atoms with van der Waals surface area (Å²) in [5.74, 6) is 1.41. The van der Waals surface area contributed by atoms with E-state index in [4.69, 9.17) is 9.47 Å². The van der Waals surface area contributed by atoms with Crippen LogP contribution in [0.25, 0.3) is 0 Å². The van der Waals surface area contributed by atoms with Gasteiger partial charge in [-0.05, 0) is 48.0 Å². The highest BCUT2D eigenvalue weighted by atomic mass is 32.2. The molecule has 1 aliphatic rings. The zero-order valence-corrected chi connectivity index (χ0v) is 19.7. The first-order chi connectivity index (χ1) is 15.9. The maximum Gasteiger partial charge on any atom is 0.243 e. The van der Waals surface area contributed by atoms with Crippen molar-refractivity contribution in [3.8, 4) is 11.5 Å². The number of fused-ring (bicyclic) bond motifs is 1. The first-order valence-electron chi connectivity index (χ1n) is 10.3. The van der Waals surface area contributed by atoms with Crippen LogP contribution in [-0.4, -0.2) is 44.6 Å². The molecule has 3 aromatic rings. The van der Waals surface area contributed by atoms with Gasteiger partial charge in [-0.15, -0.1) is 11.8 Å². The molecule has 3 aromatic carbocycles. The van der Waals surface area contributed by atoms with Crippen molar-refractivity contribution < 1.29 is 22.7 Å². The molecule has 1 heterocycles. The monoisotopic (exact) mass is 484 g/mol. The van der Waals surface area contributed by atoms with E-state index < -0.39 is 10.0 Å². The van der Waals surface area contributed by atoms with E-state index in [1.165, 1.54) is 28.2 Å². The molecule has 0 aliphatic carbocycles. The zero-order valence-electron chi connectivity index (χ0n) is 18.1. The minimum absolute atomic E-state index is 0.171. The minimum Gasteiger partial charge on any atom is -0.486 e. The summed E-state index contributed by atoms with van der Waals surface area (Å²) in [7, 11) is -2.09. The van der Waals surface area contributed by atoms with Crippen molar-refractivity contribution in [1.82, 2.24) is 4.31 Å². The molecule has 172 valence electrons. The maximum absolute atomic E-state index is 12.8. The van der Waals surface area contributed by atoms with Crippen LogP contribution >= 0.6 is 11.8 Å². The number of amides is 1. The lowest BCUT2D eigenvalue weighted by Crippen LogP contribution is -2.26. The Kier molecular flexibility index (Phi) is 7.22. The fourth-order valence-corrected chi connectivity index (χ4v) is 5.16. The fourth-order valence-electron chi connectivity index (χ4n) is 3.28. The molecule has 33 heavy (non-hydrogen) atoms. The quantitative estimate of drug-likeness (QED) is 0.487. The van der Waals surface area contributed by atoms with Gasteiger partial charge in [-0.2, -0.15) is 4.31 Å². The molecule has 0 saturated carbocycles. The van der Waals surface area contributed by atoms with Gasteiger partial charge in [0.25, 0.3) is 0 Å². The predicted octanol–water partition coefficient (Wildman–Crippen LogP) is 4.01. The molecule has 0 unspecified atom stereocenters. The summed E-state index contributed by atoms with van der Waals surface area (Å²) < 4.78 is 38.1. The lowest BCUT2D eigenvalue weighted by molar-refractivity contribution is -0.113.